The third-order valence-corrected chi connectivity index (χ3v) is 5.03. The average molecular weight is 384 g/mol. The van der Waals surface area contributed by atoms with Crippen molar-refractivity contribution in [1.29, 1.82) is 0 Å². The third-order valence-electron chi connectivity index (χ3n) is 5.03. The zero-order valence-electron chi connectivity index (χ0n) is 17.6. The fourth-order valence-electron chi connectivity index (χ4n) is 3.22. The molecule has 0 aliphatic rings. The van der Waals surface area contributed by atoms with Gasteiger partial charge in [-0.15, -0.1) is 0 Å². The molecule has 3 aromatic rings. The van der Waals surface area contributed by atoms with Gasteiger partial charge in [0.1, 0.15) is 0 Å². The average Bonchev–Trinajstić information content (AvgIpc) is 2.71. The highest BCUT2D eigenvalue weighted by Crippen LogP contribution is 2.23. The van der Waals surface area contributed by atoms with E-state index in [1.54, 1.807) is 6.08 Å². The number of carbonyl (C=O) groups excluding carboxylic acids is 1. The summed E-state index contributed by atoms with van der Waals surface area (Å²) >= 11 is 0. The van der Waals surface area contributed by atoms with Crippen molar-refractivity contribution in [3.05, 3.63) is 113 Å². The zero-order chi connectivity index (χ0) is 20.9. The first-order chi connectivity index (χ1) is 13.8. The predicted octanol–water partition coefficient (Wildman–Crippen LogP) is 6.21. The van der Waals surface area contributed by atoms with Gasteiger partial charge in [0, 0.05) is 6.08 Å². The highest BCUT2D eigenvalue weighted by atomic mass is 16.1. The molecule has 0 aliphatic heterocycles. The second kappa shape index (κ2) is 8.91. The molecule has 1 amide bonds. The SMILES string of the molecule is Cc1ccc(C(NC(=O)/C=C/c2ccc(C(C)(C)C)cc2)c2ccccc2)cc1. The summed E-state index contributed by atoms with van der Waals surface area (Å²) in [5, 5.41) is 3.15. The van der Waals surface area contributed by atoms with Crippen LogP contribution in [0.2, 0.25) is 0 Å². The first-order valence-corrected chi connectivity index (χ1v) is 10.0. The van der Waals surface area contributed by atoms with Crippen LogP contribution in [0.1, 0.15) is 54.6 Å². The van der Waals surface area contributed by atoms with Crippen molar-refractivity contribution in [1.82, 2.24) is 5.32 Å². The van der Waals surface area contributed by atoms with Gasteiger partial charge in [-0.05, 0) is 40.7 Å². The molecule has 2 nitrogen and oxygen atoms in total. The maximum atomic E-state index is 12.7. The van der Waals surface area contributed by atoms with Gasteiger partial charge < -0.3 is 5.32 Å². The van der Waals surface area contributed by atoms with Crippen molar-refractivity contribution in [2.24, 2.45) is 0 Å². The first kappa shape index (κ1) is 20.6. The summed E-state index contributed by atoms with van der Waals surface area (Å²) in [5.74, 6) is -0.112. The third kappa shape index (κ3) is 5.68. The number of aryl methyl sites for hydroxylation is 1. The van der Waals surface area contributed by atoms with Crippen molar-refractivity contribution in [2.75, 3.05) is 0 Å². The Balaban J connectivity index is 1.76. The van der Waals surface area contributed by atoms with Crippen LogP contribution < -0.4 is 5.32 Å². The van der Waals surface area contributed by atoms with E-state index in [0.717, 1.165) is 16.7 Å². The minimum Gasteiger partial charge on any atom is -0.342 e. The number of nitrogens with one attached hydrogen (secondary N) is 1. The van der Waals surface area contributed by atoms with E-state index in [0.29, 0.717) is 0 Å². The fraction of sp³-hybridized carbons (Fsp3) is 0.222. The molecule has 0 saturated carbocycles. The number of hydrogen-bond acceptors (Lipinski definition) is 1. The molecule has 1 atom stereocenters. The zero-order valence-corrected chi connectivity index (χ0v) is 17.6. The lowest BCUT2D eigenvalue weighted by molar-refractivity contribution is -0.116. The van der Waals surface area contributed by atoms with Crippen LogP contribution in [0.15, 0.2) is 84.9 Å². The Morgan fingerprint density at radius 1 is 0.828 bits per heavy atom. The normalized spacial score (nSPS) is 12.7. The van der Waals surface area contributed by atoms with E-state index in [1.165, 1.54) is 11.1 Å². The highest BCUT2D eigenvalue weighted by molar-refractivity contribution is 5.92. The minimum absolute atomic E-state index is 0.112. The molecule has 29 heavy (non-hydrogen) atoms. The quantitative estimate of drug-likeness (QED) is 0.521. The lowest BCUT2D eigenvalue weighted by atomic mass is 9.87. The molecular formula is C27H29NO. The maximum absolute atomic E-state index is 12.7. The van der Waals surface area contributed by atoms with Crippen molar-refractivity contribution in [3.63, 3.8) is 0 Å². The van der Waals surface area contributed by atoms with Crippen LogP contribution in [0.25, 0.3) is 6.08 Å². The van der Waals surface area contributed by atoms with Crippen molar-refractivity contribution >= 4 is 12.0 Å². The molecule has 0 radical (unpaired) electrons. The first-order valence-electron chi connectivity index (χ1n) is 10.0. The number of rotatable bonds is 5. The van der Waals surface area contributed by atoms with Crippen molar-refractivity contribution in [2.45, 2.75) is 39.2 Å². The number of hydrogen-bond donors (Lipinski definition) is 1. The fourth-order valence-corrected chi connectivity index (χ4v) is 3.22. The Kier molecular flexibility index (Phi) is 6.33. The van der Waals surface area contributed by atoms with Gasteiger partial charge in [-0.2, -0.15) is 0 Å². The van der Waals surface area contributed by atoms with Crippen LogP contribution in [0.3, 0.4) is 0 Å². The highest BCUT2D eigenvalue weighted by Gasteiger charge is 2.16. The number of benzene rings is 3. The molecule has 0 bridgehead atoms. The standard InChI is InChI=1S/C27H29NO/c1-20-10-15-23(16-11-20)26(22-8-6-5-7-9-22)28-25(29)19-14-21-12-17-24(18-13-21)27(2,3)4/h5-19,26H,1-4H3,(H,28,29)/b19-14+. The maximum Gasteiger partial charge on any atom is 0.244 e. The topological polar surface area (TPSA) is 29.1 Å². The molecule has 2 heteroatoms. The van der Waals surface area contributed by atoms with Gasteiger partial charge in [-0.1, -0.05) is 105 Å². The molecule has 0 aromatic heterocycles. The molecule has 3 rings (SSSR count). The van der Waals surface area contributed by atoms with Crippen LogP contribution in [-0.2, 0) is 10.2 Å². The Morgan fingerprint density at radius 2 is 1.41 bits per heavy atom. The van der Waals surface area contributed by atoms with Gasteiger partial charge in [0.05, 0.1) is 6.04 Å². The van der Waals surface area contributed by atoms with Gasteiger partial charge in [0.15, 0.2) is 0 Å². The van der Waals surface area contributed by atoms with Gasteiger partial charge in [-0.25, -0.2) is 0 Å². The summed E-state index contributed by atoms with van der Waals surface area (Å²) in [7, 11) is 0. The van der Waals surface area contributed by atoms with Gasteiger partial charge >= 0.3 is 0 Å². The van der Waals surface area contributed by atoms with Crippen LogP contribution in [0.4, 0.5) is 0 Å². The van der Waals surface area contributed by atoms with E-state index < -0.39 is 0 Å². The Morgan fingerprint density at radius 3 is 2.00 bits per heavy atom. The summed E-state index contributed by atoms with van der Waals surface area (Å²) in [6.07, 6.45) is 3.47. The summed E-state index contributed by atoms with van der Waals surface area (Å²) in [6.45, 7) is 8.65. The largest absolute Gasteiger partial charge is 0.342 e. The Bertz CT molecular complexity index is 962. The Labute approximate surface area is 174 Å². The van der Waals surface area contributed by atoms with Gasteiger partial charge in [0.2, 0.25) is 5.91 Å². The van der Waals surface area contributed by atoms with E-state index in [9.17, 15) is 4.79 Å². The molecule has 0 heterocycles. The van der Waals surface area contributed by atoms with Crippen molar-refractivity contribution < 1.29 is 4.79 Å². The molecule has 0 fully saturated rings. The molecule has 0 saturated heterocycles. The minimum atomic E-state index is -0.183. The predicted molar refractivity (Wildman–Crippen MR) is 122 cm³/mol. The second-order valence-corrected chi connectivity index (χ2v) is 8.47. The van der Waals surface area contributed by atoms with E-state index in [4.69, 9.17) is 0 Å². The second-order valence-electron chi connectivity index (χ2n) is 8.47. The van der Waals surface area contributed by atoms with Gasteiger partial charge in [-0.3, -0.25) is 4.79 Å². The smallest absolute Gasteiger partial charge is 0.244 e. The molecule has 0 spiro atoms. The Hall–Kier alpha value is -3.13. The molecule has 148 valence electrons. The van der Waals surface area contributed by atoms with E-state index in [1.807, 2.05) is 36.4 Å². The lowest BCUT2D eigenvalue weighted by Crippen LogP contribution is -2.27. The van der Waals surface area contributed by atoms with E-state index >= 15 is 0 Å². The molecule has 3 aromatic carbocycles. The summed E-state index contributed by atoms with van der Waals surface area (Å²) < 4.78 is 0. The summed E-state index contributed by atoms with van der Waals surface area (Å²) in [4.78, 5) is 12.7. The van der Waals surface area contributed by atoms with Crippen molar-refractivity contribution in [3.8, 4) is 0 Å². The van der Waals surface area contributed by atoms with Gasteiger partial charge in [0.25, 0.3) is 0 Å². The van der Waals surface area contributed by atoms with Crippen LogP contribution in [0, 0.1) is 6.92 Å². The molecule has 1 N–H and O–H groups in total. The van der Waals surface area contributed by atoms with Crippen LogP contribution >= 0.6 is 0 Å². The molecular weight excluding hydrogens is 354 g/mol. The lowest BCUT2D eigenvalue weighted by Gasteiger charge is -2.19. The van der Waals surface area contributed by atoms with Crippen LogP contribution in [-0.4, -0.2) is 5.91 Å². The van der Waals surface area contributed by atoms with E-state index in [2.05, 4.69) is 81.5 Å². The number of amides is 1. The molecule has 1 unspecified atom stereocenters. The summed E-state index contributed by atoms with van der Waals surface area (Å²) in [6, 6.07) is 26.5. The number of carbonyl (C=O) groups is 1. The van der Waals surface area contributed by atoms with Crippen LogP contribution in [0.5, 0.6) is 0 Å². The monoisotopic (exact) mass is 383 g/mol. The summed E-state index contributed by atoms with van der Waals surface area (Å²) in [5.41, 5.74) is 5.75. The van der Waals surface area contributed by atoms with E-state index in [-0.39, 0.29) is 17.4 Å². The molecule has 0 aliphatic carbocycles.